The summed E-state index contributed by atoms with van der Waals surface area (Å²) in [5.41, 5.74) is 2.32. The van der Waals surface area contributed by atoms with E-state index in [1.54, 1.807) is 6.07 Å². The number of amides is 1. The first kappa shape index (κ1) is 16.7. The maximum absolute atomic E-state index is 12.6. The zero-order valence-electron chi connectivity index (χ0n) is 13.8. The van der Waals surface area contributed by atoms with Gasteiger partial charge in [-0.1, -0.05) is 23.7 Å². The predicted octanol–water partition coefficient (Wildman–Crippen LogP) is 3.68. The number of halogens is 1. The fraction of sp³-hybridized carbons (Fsp3) is 0.389. The van der Waals surface area contributed by atoms with Crippen LogP contribution < -0.4 is 5.32 Å². The fourth-order valence-electron chi connectivity index (χ4n) is 2.80. The van der Waals surface area contributed by atoms with Gasteiger partial charge in [0.25, 0.3) is 5.91 Å². The largest absolute Gasteiger partial charge is 0.350 e. The molecule has 126 valence electrons. The van der Waals surface area contributed by atoms with E-state index in [0.717, 1.165) is 37.2 Å². The number of carbonyl (C=O) groups is 1. The average molecular weight is 345 g/mol. The highest BCUT2D eigenvalue weighted by molar-refractivity contribution is 6.30. The van der Waals surface area contributed by atoms with Crippen LogP contribution in [0.5, 0.6) is 0 Å². The maximum atomic E-state index is 12.6. The normalized spacial score (nSPS) is 14.5. The number of aryl methyl sites for hydroxylation is 1. The third-order valence-corrected chi connectivity index (χ3v) is 4.33. The number of carbonyl (C=O) groups excluding carboxylic acids is 1. The van der Waals surface area contributed by atoms with Gasteiger partial charge in [-0.05, 0) is 49.9 Å². The van der Waals surface area contributed by atoms with Gasteiger partial charge >= 0.3 is 0 Å². The monoisotopic (exact) mass is 344 g/mol. The molecule has 1 amide bonds. The number of hydrogen-bond acceptors (Lipinski definition) is 4. The van der Waals surface area contributed by atoms with Crippen molar-refractivity contribution in [3.8, 4) is 0 Å². The smallest absolute Gasteiger partial charge is 0.272 e. The Morgan fingerprint density at radius 1 is 1.17 bits per heavy atom. The van der Waals surface area contributed by atoms with Crippen molar-refractivity contribution < 1.29 is 4.79 Å². The molecule has 1 aromatic carbocycles. The number of nitrogens with one attached hydrogen (secondary N) is 1. The lowest BCUT2D eigenvalue weighted by Crippen LogP contribution is -2.36. The zero-order valence-corrected chi connectivity index (χ0v) is 14.5. The summed E-state index contributed by atoms with van der Waals surface area (Å²) in [5, 5.41) is 3.89. The van der Waals surface area contributed by atoms with E-state index in [9.17, 15) is 4.79 Å². The maximum Gasteiger partial charge on any atom is 0.272 e. The van der Waals surface area contributed by atoms with Gasteiger partial charge in [-0.3, -0.25) is 4.79 Å². The van der Waals surface area contributed by atoms with Gasteiger partial charge in [0.05, 0.1) is 0 Å². The summed E-state index contributed by atoms with van der Waals surface area (Å²) in [6, 6.07) is 9.35. The minimum absolute atomic E-state index is 0.00487. The molecule has 5 nitrogen and oxygen atoms in total. The molecule has 1 fully saturated rings. The topological polar surface area (TPSA) is 58.1 Å². The zero-order chi connectivity index (χ0) is 16.9. The van der Waals surface area contributed by atoms with Crippen molar-refractivity contribution in [1.29, 1.82) is 0 Å². The highest BCUT2D eigenvalue weighted by Gasteiger charge is 2.20. The molecular formula is C18H21ClN4O. The molecule has 0 saturated carbocycles. The quantitative estimate of drug-likeness (QED) is 0.919. The highest BCUT2D eigenvalue weighted by Crippen LogP contribution is 2.15. The molecule has 0 aliphatic carbocycles. The van der Waals surface area contributed by atoms with E-state index in [-0.39, 0.29) is 5.91 Å². The number of anilines is 1. The molecule has 1 aliphatic heterocycles. The number of hydrogen-bond donors (Lipinski definition) is 1. The molecule has 0 bridgehead atoms. The van der Waals surface area contributed by atoms with Gasteiger partial charge < -0.3 is 10.2 Å². The number of nitrogens with zero attached hydrogens (tertiary/aromatic N) is 3. The van der Waals surface area contributed by atoms with Gasteiger partial charge in [0, 0.05) is 30.4 Å². The van der Waals surface area contributed by atoms with E-state index in [1.807, 2.05) is 36.1 Å². The van der Waals surface area contributed by atoms with Crippen LogP contribution in [-0.4, -0.2) is 33.9 Å². The summed E-state index contributed by atoms with van der Waals surface area (Å²) in [5.74, 6) is 0.472. The van der Waals surface area contributed by atoms with Gasteiger partial charge in [-0.25, -0.2) is 9.97 Å². The van der Waals surface area contributed by atoms with Crippen LogP contribution >= 0.6 is 11.6 Å². The second kappa shape index (κ2) is 7.62. The predicted molar refractivity (Wildman–Crippen MR) is 95.3 cm³/mol. The standard InChI is InChI=1S/C18H21ClN4O/c1-13-11-16(17(24)23-9-3-2-4-10-23)22-18(21-13)20-12-14-5-7-15(19)8-6-14/h5-8,11H,2-4,9-10,12H2,1H3,(H,20,21,22). The molecule has 3 rings (SSSR count). The summed E-state index contributed by atoms with van der Waals surface area (Å²) in [7, 11) is 0. The Labute approximate surface area is 147 Å². The van der Waals surface area contributed by atoms with Crippen molar-refractivity contribution in [1.82, 2.24) is 14.9 Å². The first-order valence-corrected chi connectivity index (χ1v) is 8.63. The minimum Gasteiger partial charge on any atom is -0.350 e. The molecule has 1 aliphatic rings. The lowest BCUT2D eigenvalue weighted by Gasteiger charge is -2.26. The molecule has 1 saturated heterocycles. The van der Waals surface area contributed by atoms with Crippen LogP contribution in [0.25, 0.3) is 0 Å². The van der Waals surface area contributed by atoms with Crippen molar-refractivity contribution in [2.24, 2.45) is 0 Å². The Balaban J connectivity index is 1.71. The molecule has 24 heavy (non-hydrogen) atoms. The number of benzene rings is 1. The molecule has 1 aromatic heterocycles. The van der Waals surface area contributed by atoms with Crippen LogP contribution in [0.1, 0.15) is 41.0 Å². The summed E-state index contributed by atoms with van der Waals surface area (Å²) in [6.07, 6.45) is 3.33. The minimum atomic E-state index is -0.00487. The second-order valence-corrected chi connectivity index (χ2v) is 6.49. The summed E-state index contributed by atoms with van der Waals surface area (Å²) >= 11 is 5.89. The Bertz CT molecular complexity index is 711. The van der Waals surface area contributed by atoms with Crippen LogP contribution in [-0.2, 0) is 6.54 Å². The van der Waals surface area contributed by atoms with Crippen molar-refractivity contribution >= 4 is 23.5 Å². The van der Waals surface area contributed by atoms with Crippen molar-refractivity contribution in [2.75, 3.05) is 18.4 Å². The van der Waals surface area contributed by atoms with Crippen LogP contribution in [0.3, 0.4) is 0 Å². The van der Waals surface area contributed by atoms with Crippen molar-refractivity contribution in [3.63, 3.8) is 0 Å². The van der Waals surface area contributed by atoms with E-state index in [0.29, 0.717) is 23.2 Å². The van der Waals surface area contributed by atoms with Crippen LogP contribution in [0.4, 0.5) is 5.95 Å². The number of likely N-dealkylation sites (tertiary alicyclic amines) is 1. The number of aromatic nitrogens is 2. The van der Waals surface area contributed by atoms with Gasteiger partial charge in [0.1, 0.15) is 5.69 Å². The summed E-state index contributed by atoms with van der Waals surface area (Å²) < 4.78 is 0. The Morgan fingerprint density at radius 2 is 1.88 bits per heavy atom. The van der Waals surface area contributed by atoms with Gasteiger partial charge in [-0.15, -0.1) is 0 Å². The third-order valence-electron chi connectivity index (χ3n) is 4.08. The van der Waals surface area contributed by atoms with E-state index < -0.39 is 0 Å². The molecule has 0 spiro atoms. The van der Waals surface area contributed by atoms with E-state index in [2.05, 4.69) is 15.3 Å². The second-order valence-electron chi connectivity index (χ2n) is 6.05. The number of rotatable bonds is 4. The Kier molecular flexibility index (Phi) is 5.30. The third kappa shape index (κ3) is 4.23. The van der Waals surface area contributed by atoms with Crippen LogP contribution in [0.2, 0.25) is 5.02 Å². The fourth-order valence-corrected chi connectivity index (χ4v) is 2.93. The molecule has 0 atom stereocenters. The summed E-state index contributed by atoms with van der Waals surface area (Å²) in [4.78, 5) is 23.3. The van der Waals surface area contributed by atoms with Gasteiger partial charge in [-0.2, -0.15) is 0 Å². The van der Waals surface area contributed by atoms with Crippen molar-refractivity contribution in [2.45, 2.75) is 32.7 Å². The first-order valence-electron chi connectivity index (χ1n) is 8.25. The molecule has 2 heterocycles. The van der Waals surface area contributed by atoms with E-state index >= 15 is 0 Å². The molecule has 0 radical (unpaired) electrons. The molecule has 6 heteroatoms. The molecule has 0 unspecified atom stereocenters. The lowest BCUT2D eigenvalue weighted by atomic mass is 10.1. The van der Waals surface area contributed by atoms with Crippen LogP contribution in [0.15, 0.2) is 30.3 Å². The van der Waals surface area contributed by atoms with Crippen molar-refractivity contribution in [3.05, 3.63) is 52.3 Å². The average Bonchev–Trinajstić information content (AvgIpc) is 2.61. The Hall–Kier alpha value is -2.14. The molecule has 1 N–H and O–H groups in total. The Morgan fingerprint density at radius 3 is 2.58 bits per heavy atom. The molecule has 2 aromatic rings. The summed E-state index contributed by atoms with van der Waals surface area (Å²) in [6.45, 7) is 4.09. The lowest BCUT2D eigenvalue weighted by molar-refractivity contribution is 0.0718. The van der Waals surface area contributed by atoms with Gasteiger partial charge in [0.15, 0.2) is 0 Å². The van der Waals surface area contributed by atoms with E-state index in [4.69, 9.17) is 11.6 Å². The number of piperidine rings is 1. The van der Waals surface area contributed by atoms with E-state index in [1.165, 1.54) is 6.42 Å². The SMILES string of the molecule is Cc1cc(C(=O)N2CCCCC2)nc(NCc2ccc(Cl)cc2)n1. The molecular weight excluding hydrogens is 324 g/mol. The highest BCUT2D eigenvalue weighted by atomic mass is 35.5. The first-order chi connectivity index (χ1) is 11.6. The van der Waals surface area contributed by atoms with Gasteiger partial charge in [0.2, 0.25) is 5.95 Å². The van der Waals surface area contributed by atoms with Crippen LogP contribution in [0, 0.1) is 6.92 Å².